The van der Waals surface area contributed by atoms with Crippen molar-refractivity contribution in [2.75, 3.05) is 91.0 Å². The predicted octanol–water partition coefficient (Wildman–Crippen LogP) is 5.29. The first-order valence-corrected chi connectivity index (χ1v) is 22.0. The second-order valence-electron chi connectivity index (χ2n) is 16.7. The summed E-state index contributed by atoms with van der Waals surface area (Å²) in [6.07, 6.45) is 6.53. The molecule has 0 radical (unpaired) electrons. The lowest BCUT2D eigenvalue weighted by molar-refractivity contribution is 0.0338. The lowest BCUT2D eigenvalue weighted by Gasteiger charge is -2.29. The summed E-state index contributed by atoms with van der Waals surface area (Å²) in [5.74, 6) is -0.0825. The van der Waals surface area contributed by atoms with Gasteiger partial charge in [-0.05, 0) is 98.0 Å². The molecule has 1 aliphatic carbocycles. The van der Waals surface area contributed by atoms with Crippen molar-refractivity contribution in [1.82, 2.24) is 15.1 Å². The van der Waals surface area contributed by atoms with E-state index in [1.165, 1.54) is 27.1 Å². The van der Waals surface area contributed by atoms with E-state index in [4.69, 9.17) is 20.1 Å². The van der Waals surface area contributed by atoms with Crippen molar-refractivity contribution in [3.05, 3.63) is 116 Å². The van der Waals surface area contributed by atoms with Gasteiger partial charge in [0.25, 0.3) is 11.8 Å². The fourth-order valence-electron chi connectivity index (χ4n) is 7.18. The standard InChI is InChI=1S/C28H32N2O2S.C15H20N2O3.C5H13NO3/c1-18-15-22(12-11-21(18)10-9-19-5-7-20(17-31)8-6-19)30-26(32)25-23-13-14-28(2,3)16-24(23)33-27(25)29-4;1-16(5-6-17-7-9-20-10-8-17)15(19)14-4-2-3-13(11-14)12-18;1-6-5(2-7,3-8)4-9/h5-8,11-12,15,17,29H,9-10,13-14,16H2,1-4H3,(H,30,32);2-4,11-12H,5-10H2,1H3;6-9H,2-4H2,1H3. The highest BCUT2D eigenvalue weighted by Crippen LogP contribution is 2.44. The lowest BCUT2D eigenvalue weighted by Crippen LogP contribution is -2.52. The summed E-state index contributed by atoms with van der Waals surface area (Å²) in [5, 5.41) is 35.7. The van der Waals surface area contributed by atoms with Crippen LogP contribution in [-0.4, -0.2) is 135 Å². The first-order valence-electron chi connectivity index (χ1n) is 21.1. The molecule has 3 aromatic carbocycles. The molecule has 6 rings (SSSR count). The number of ether oxygens (including phenoxy) is 1. The van der Waals surface area contributed by atoms with E-state index in [1.807, 2.05) is 37.4 Å². The number of carbonyl (C=O) groups excluding carboxylic acids is 4. The van der Waals surface area contributed by atoms with Gasteiger partial charge < -0.3 is 40.9 Å². The first kappa shape index (κ1) is 49.9. The number of morpholine rings is 1. The molecule has 1 saturated heterocycles. The molecule has 2 amide bonds. The number of hydrogen-bond acceptors (Lipinski definition) is 12. The van der Waals surface area contributed by atoms with Gasteiger partial charge in [0.15, 0.2) is 0 Å². The SMILES string of the molecule is CN(CCN1CCOCC1)C(=O)c1cccc(C=O)c1.CNC(CO)(CO)CO.CNc1sc2c(c1C(=O)Nc1ccc(CCc3ccc(C=O)cc3)c(C)c1)CCC(C)(C)C2. The Morgan fingerprint density at radius 2 is 1.60 bits per heavy atom. The molecule has 1 fully saturated rings. The number of amides is 2. The topological polar surface area (TPSA) is 181 Å². The molecule has 2 heterocycles. The average Bonchev–Trinajstić information content (AvgIpc) is 3.66. The van der Waals surface area contributed by atoms with Gasteiger partial charge in [0.1, 0.15) is 17.6 Å². The van der Waals surface area contributed by atoms with Crippen molar-refractivity contribution in [2.24, 2.45) is 5.41 Å². The molecule has 0 bridgehead atoms. The number of anilines is 2. The maximum absolute atomic E-state index is 13.3. The zero-order valence-corrected chi connectivity index (χ0v) is 37.9. The number of nitrogens with zero attached hydrogens (tertiary/aromatic N) is 2. The Labute approximate surface area is 370 Å². The van der Waals surface area contributed by atoms with Gasteiger partial charge in [0.2, 0.25) is 0 Å². The zero-order chi connectivity index (χ0) is 45.3. The molecule has 0 saturated carbocycles. The maximum atomic E-state index is 13.3. The average molecular weight is 872 g/mol. The highest BCUT2D eigenvalue weighted by molar-refractivity contribution is 7.16. The molecule has 0 spiro atoms. The summed E-state index contributed by atoms with van der Waals surface area (Å²) in [7, 11) is 5.25. The monoisotopic (exact) mass is 871 g/mol. The third kappa shape index (κ3) is 14.1. The zero-order valence-electron chi connectivity index (χ0n) is 37.1. The molecule has 0 unspecified atom stereocenters. The molecular formula is C48H65N5O8S. The van der Waals surface area contributed by atoms with Crippen LogP contribution in [0.5, 0.6) is 0 Å². The van der Waals surface area contributed by atoms with E-state index in [-0.39, 0.29) is 31.6 Å². The predicted molar refractivity (Wildman–Crippen MR) is 247 cm³/mol. The van der Waals surface area contributed by atoms with Gasteiger partial charge in [-0.1, -0.05) is 56.3 Å². The van der Waals surface area contributed by atoms with E-state index in [0.717, 1.165) is 93.8 Å². The smallest absolute Gasteiger partial charge is 0.258 e. The molecule has 1 aliphatic heterocycles. The minimum atomic E-state index is -0.917. The molecule has 0 atom stereocenters. The molecule has 1 aromatic heterocycles. The van der Waals surface area contributed by atoms with Crippen LogP contribution in [0.1, 0.15) is 88.8 Å². The Morgan fingerprint density at radius 1 is 0.919 bits per heavy atom. The fourth-order valence-corrected chi connectivity index (χ4v) is 8.64. The lowest BCUT2D eigenvalue weighted by atomic mass is 9.77. The maximum Gasteiger partial charge on any atom is 0.258 e. The number of likely N-dealkylation sites (N-methyl/N-ethyl adjacent to an activating group) is 2. The van der Waals surface area contributed by atoms with Crippen LogP contribution >= 0.6 is 11.3 Å². The molecule has 62 heavy (non-hydrogen) atoms. The molecule has 13 nitrogen and oxygen atoms in total. The van der Waals surface area contributed by atoms with Gasteiger partial charge in [0, 0.05) is 67.5 Å². The second kappa shape index (κ2) is 24.2. The Bertz CT molecular complexity index is 2060. The van der Waals surface area contributed by atoms with E-state index >= 15 is 0 Å². The number of hydrogen-bond donors (Lipinski definition) is 6. The van der Waals surface area contributed by atoms with Gasteiger partial charge in [-0.2, -0.15) is 0 Å². The van der Waals surface area contributed by atoms with Gasteiger partial charge in [-0.15, -0.1) is 11.3 Å². The quantitative estimate of drug-likeness (QED) is 0.0807. The van der Waals surface area contributed by atoms with Gasteiger partial charge in [0.05, 0.1) is 44.1 Å². The molecule has 4 aromatic rings. The minimum absolute atomic E-state index is 0.0287. The number of benzene rings is 3. The third-order valence-electron chi connectivity index (χ3n) is 11.5. The fraction of sp³-hybridized carbons (Fsp3) is 0.458. The van der Waals surface area contributed by atoms with Crippen LogP contribution in [0.3, 0.4) is 0 Å². The van der Waals surface area contributed by atoms with Crippen LogP contribution in [0.4, 0.5) is 10.7 Å². The first-order chi connectivity index (χ1) is 29.7. The van der Waals surface area contributed by atoms with Gasteiger partial charge in [-0.3, -0.25) is 24.1 Å². The summed E-state index contributed by atoms with van der Waals surface area (Å²) in [5.41, 5.74) is 7.66. The van der Waals surface area contributed by atoms with Crippen LogP contribution in [-0.2, 0) is 30.4 Å². The van der Waals surface area contributed by atoms with Crippen molar-refractivity contribution < 1.29 is 39.2 Å². The number of aliphatic hydroxyl groups is 3. The molecule has 2 aliphatic rings. The number of aldehydes is 2. The summed E-state index contributed by atoms with van der Waals surface area (Å²) in [4.78, 5) is 52.4. The normalized spacial score (nSPS) is 14.5. The van der Waals surface area contributed by atoms with E-state index in [2.05, 4.69) is 53.8 Å². The van der Waals surface area contributed by atoms with Crippen LogP contribution in [0.15, 0.2) is 66.7 Å². The number of thiophene rings is 1. The number of aliphatic hydroxyl groups excluding tert-OH is 3. The number of carbonyl (C=O) groups is 4. The molecule has 6 N–H and O–H groups in total. The second-order valence-corrected chi connectivity index (χ2v) is 17.8. The van der Waals surface area contributed by atoms with Crippen molar-refractivity contribution in [1.29, 1.82) is 0 Å². The Kier molecular flexibility index (Phi) is 19.4. The Morgan fingerprint density at radius 3 is 2.18 bits per heavy atom. The van der Waals surface area contributed by atoms with E-state index in [0.29, 0.717) is 28.7 Å². The highest BCUT2D eigenvalue weighted by Gasteiger charge is 2.32. The largest absolute Gasteiger partial charge is 0.394 e. The summed E-state index contributed by atoms with van der Waals surface area (Å²) < 4.78 is 5.29. The highest BCUT2D eigenvalue weighted by atomic mass is 32.1. The number of aryl methyl sites for hydroxylation is 3. The van der Waals surface area contributed by atoms with Crippen molar-refractivity contribution in [2.45, 2.75) is 58.4 Å². The summed E-state index contributed by atoms with van der Waals surface area (Å²) in [6, 6.07) is 20.7. The summed E-state index contributed by atoms with van der Waals surface area (Å²) in [6.45, 7) is 10.8. The third-order valence-corrected chi connectivity index (χ3v) is 12.8. The van der Waals surface area contributed by atoms with Crippen LogP contribution < -0.4 is 16.0 Å². The van der Waals surface area contributed by atoms with Crippen LogP contribution in [0.25, 0.3) is 0 Å². The van der Waals surface area contributed by atoms with E-state index in [1.54, 1.807) is 54.6 Å². The summed E-state index contributed by atoms with van der Waals surface area (Å²) >= 11 is 1.72. The minimum Gasteiger partial charge on any atom is -0.394 e. The number of fused-ring (bicyclic) bond motifs is 1. The van der Waals surface area contributed by atoms with E-state index in [9.17, 15) is 19.2 Å². The number of nitrogens with one attached hydrogen (secondary N) is 3. The molecule has 14 heteroatoms. The van der Waals surface area contributed by atoms with Gasteiger partial charge in [-0.25, -0.2) is 0 Å². The molecule has 336 valence electrons. The van der Waals surface area contributed by atoms with Crippen molar-refractivity contribution >= 4 is 46.4 Å². The Hall–Kier alpha value is -4.80. The van der Waals surface area contributed by atoms with E-state index < -0.39 is 5.54 Å². The Balaban J connectivity index is 0.000000246. The molecular weight excluding hydrogens is 807 g/mol. The van der Waals surface area contributed by atoms with Crippen LogP contribution in [0.2, 0.25) is 0 Å². The number of rotatable bonds is 16. The van der Waals surface area contributed by atoms with Crippen LogP contribution in [0, 0.1) is 12.3 Å². The van der Waals surface area contributed by atoms with Gasteiger partial charge >= 0.3 is 0 Å². The van der Waals surface area contributed by atoms with Crippen molar-refractivity contribution in [3.8, 4) is 0 Å². The van der Waals surface area contributed by atoms with Crippen molar-refractivity contribution in [3.63, 3.8) is 0 Å².